The fourth-order valence-electron chi connectivity index (χ4n) is 3.01. The van der Waals surface area contributed by atoms with Gasteiger partial charge in [-0.3, -0.25) is 9.59 Å². The number of hydrogen-bond donors (Lipinski definition) is 1. The van der Waals surface area contributed by atoms with Crippen LogP contribution in [0.2, 0.25) is 0 Å². The molecule has 6 nitrogen and oxygen atoms in total. The number of fused-ring (bicyclic) bond motifs is 1. The average molecular weight is 481 g/mol. The summed E-state index contributed by atoms with van der Waals surface area (Å²) in [5.41, 5.74) is 2.85. The number of nitrogens with one attached hydrogen (secondary N) is 1. The van der Waals surface area contributed by atoms with Crippen LogP contribution < -0.4 is 10.1 Å². The van der Waals surface area contributed by atoms with E-state index in [2.05, 4.69) is 21.9 Å². The molecule has 0 saturated heterocycles. The van der Waals surface area contributed by atoms with Crippen molar-refractivity contribution in [3.8, 4) is 11.3 Å². The highest BCUT2D eigenvalue weighted by atomic mass is 32.2. The van der Waals surface area contributed by atoms with Crippen LogP contribution in [0.5, 0.6) is 0 Å². The Labute approximate surface area is 197 Å². The average Bonchev–Trinajstić information content (AvgIpc) is 3.39. The summed E-state index contributed by atoms with van der Waals surface area (Å²) in [4.78, 5) is 34.0. The van der Waals surface area contributed by atoms with Gasteiger partial charge in [-0.15, -0.1) is 29.7 Å². The van der Waals surface area contributed by atoms with Crippen LogP contribution in [-0.2, 0) is 16.1 Å². The van der Waals surface area contributed by atoms with Gasteiger partial charge in [0.2, 0.25) is 5.91 Å². The maximum Gasteiger partial charge on any atom is 0.258 e. The molecular weight excluding hydrogens is 460 g/mol. The Balaban J connectivity index is 1.33. The van der Waals surface area contributed by atoms with Gasteiger partial charge in [-0.2, -0.15) is 4.99 Å². The van der Waals surface area contributed by atoms with Crippen LogP contribution >= 0.6 is 34.4 Å². The number of thioether (sulfide) groups is 1. The van der Waals surface area contributed by atoms with Crippen molar-refractivity contribution in [3.05, 3.63) is 77.4 Å². The zero-order valence-corrected chi connectivity index (χ0v) is 19.5. The smallest absolute Gasteiger partial charge is 0.258 e. The summed E-state index contributed by atoms with van der Waals surface area (Å²) in [7, 11) is 0. The molecule has 0 spiro atoms. The number of amides is 2. The molecule has 0 aliphatic carbocycles. The summed E-state index contributed by atoms with van der Waals surface area (Å²) >= 11 is 4.08. The van der Waals surface area contributed by atoms with Crippen molar-refractivity contribution in [2.24, 2.45) is 4.99 Å². The number of aromatic nitrogens is 2. The molecule has 4 rings (SSSR count). The first-order valence-electron chi connectivity index (χ1n) is 9.79. The molecule has 2 aromatic heterocycles. The Kier molecular flexibility index (Phi) is 7.31. The summed E-state index contributed by atoms with van der Waals surface area (Å²) < 4.78 is 3.03. The lowest BCUT2D eigenvalue weighted by Gasteiger charge is -2.01. The largest absolute Gasteiger partial charge is 0.313 e. The van der Waals surface area contributed by atoms with E-state index in [-0.39, 0.29) is 23.3 Å². The molecule has 2 aromatic carbocycles. The summed E-state index contributed by atoms with van der Waals surface area (Å²) in [5, 5.41) is 5.24. The number of rotatable bonds is 8. The molecule has 0 bridgehead atoms. The van der Waals surface area contributed by atoms with Gasteiger partial charge in [-0.1, -0.05) is 59.9 Å². The molecular formula is C23H20N4O2S3. The monoisotopic (exact) mass is 480 g/mol. The van der Waals surface area contributed by atoms with E-state index < -0.39 is 0 Å². The van der Waals surface area contributed by atoms with Crippen molar-refractivity contribution < 1.29 is 9.59 Å². The fourth-order valence-corrected chi connectivity index (χ4v) is 5.40. The number of thiazole rings is 2. The Morgan fingerprint density at radius 3 is 2.72 bits per heavy atom. The van der Waals surface area contributed by atoms with Crippen LogP contribution in [0.3, 0.4) is 0 Å². The second-order valence-electron chi connectivity index (χ2n) is 6.70. The Morgan fingerprint density at radius 2 is 1.91 bits per heavy atom. The molecule has 2 amide bonds. The topological polar surface area (TPSA) is 76.3 Å². The highest BCUT2D eigenvalue weighted by molar-refractivity contribution is 8.00. The van der Waals surface area contributed by atoms with Gasteiger partial charge in [0.25, 0.3) is 5.91 Å². The van der Waals surface area contributed by atoms with E-state index >= 15 is 0 Å². The third-order valence-electron chi connectivity index (χ3n) is 4.40. The van der Waals surface area contributed by atoms with Crippen LogP contribution in [0.4, 0.5) is 5.13 Å². The normalized spacial score (nSPS) is 11.6. The minimum atomic E-state index is -0.271. The first-order chi connectivity index (χ1) is 15.6. The van der Waals surface area contributed by atoms with E-state index in [0.29, 0.717) is 16.5 Å². The van der Waals surface area contributed by atoms with Crippen LogP contribution in [0.1, 0.15) is 0 Å². The van der Waals surface area contributed by atoms with E-state index in [1.54, 1.807) is 6.08 Å². The highest BCUT2D eigenvalue weighted by Crippen LogP contribution is 2.24. The van der Waals surface area contributed by atoms with Crippen molar-refractivity contribution in [2.45, 2.75) is 6.54 Å². The zero-order valence-electron chi connectivity index (χ0n) is 17.1. The molecule has 0 aliphatic rings. The molecule has 0 unspecified atom stereocenters. The molecule has 162 valence electrons. The fraction of sp³-hybridized carbons (Fsp3) is 0.130. The quantitative estimate of drug-likeness (QED) is 0.367. The molecule has 0 atom stereocenters. The molecule has 9 heteroatoms. The Morgan fingerprint density at radius 1 is 1.12 bits per heavy atom. The summed E-state index contributed by atoms with van der Waals surface area (Å²) in [6.45, 7) is 4.36. The van der Waals surface area contributed by atoms with Crippen LogP contribution in [0.15, 0.2) is 77.6 Å². The van der Waals surface area contributed by atoms with Gasteiger partial charge in [0.05, 0.1) is 27.4 Å². The van der Waals surface area contributed by atoms with Crippen LogP contribution in [0.25, 0.3) is 21.5 Å². The number of hydrogen-bond acceptors (Lipinski definition) is 6. The van der Waals surface area contributed by atoms with E-state index in [0.717, 1.165) is 21.5 Å². The number of carbonyl (C=O) groups is 2. The van der Waals surface area contributed by atoms with Gasteiger partial charge in [0, 0.05) is 17.5 Å². The van der Waals surface area contributed by atoms with Crippen molar-refractivity contribution in [1.29, 1.82) is 0 Å². The molecule has 32 heavy (non-hydrogen) atoms. The van der Waals surface area contributed by atoms with Crippen molar-refractivity contribution in [1.82, 2.24) is 9.55 Å². The molecule has 0 radical (unpaired) electrons. The van der Waals surface area contributed by atoms with Gasteiger partial charge >= 0.3 is 0 Å². The lowest BCUT2D eigenvalue weighted by Crippen LogP contribution is -2.18. The summed E-state index contributed by atoms with van der Waals surface area (Å²) in [6, 6.07) is 17.7. The van der Waals surface area contributed by atoms with Gasteiger partial charge in [-0.25, -0.2) is 4.98 Å². The second-order valence-corrected chi connectivity index (χ2v) is 9.55. The predicted molar refractivity (Wildman–Crippen MR) is 134 cm³/mol. The number of allylic oxidation sites excluding steroid dienone is 1. The standard InChI is InChI=1S/C23H20N4O2S3/c1-2-12-27-18-10-6-7-11-19(18)32-23(27)26-21(29)15-30-14-20(28)25-22-24-17(13-31-22)16-8-4-3-5-9-16/h2-11,13H,1,12,14-15H2,(H,24,25,28). The zero-order chi connectivity index (χ0) is 22.3. The number of carbonyl (C=O) groups excluding carboxylic acids is 2. The maximum atomic E-state index is 12.4. The SMILES string of the molecule is C=CCn1c(=NC(=O)CSCC(=O)Nc2nc(-c3ccccc3)cs2)sc2ccccc21. The number of benzene rings is 2. The Bertz CT molecular complexity index is 1320. The highest BCUT2D eigenvalue weighted by Gasteiger charge is 2.10. The maximum absolute atomic E-state index is 12.4. The summed E-state index contributed by atoms with van der Waals surface area (Å²) in [5.74, 6) is -0.183. The number of anilines is 1. The lowest BCUT2D eigenvalue weighted by molar-refractivity contribution is -0.115. The van der Waals surface area contributed by atoms with E-state index in [1.807, 2.05) is 64.5 Å². The molecule has 1 N–H and O–H groups in total. The second kappa shape index (κ2) is 10.5. The molecule has 0 fully saturated rings. The number of para-hydroxylation sites is 1. The summed E-state index contributed by atoms with van der Waals surface area (Å²) in [6.07, 6.45) is 1.78. The van der Waals surface area contributed by atoms with Gasteiger partial charge in [0.15, 0.2) is 9.93 Å². The van der Waals surface area contributed by atoms with Crippen molar-refractivity contribution in [2.75, 3.05) is 16.8 Å². The molecule has 0 aliphatic heterocycles. The van der Waals surface area contributed by atoms with Gasteiger partial charge in [0.1, 0.15) is 0 Å². The first-order valence-corrected chi connectivity index (χ1v) is 12.6. The lowest BCUT2D eigenvalue weighted by atomic mass is 10.2. The third-order valence-corrected chi connectivity index (χ3v) is 7.13. The molecule has 2 heterocycles. The predicted octanol–water partition coefficient (Wildman–Crippen LogP) is 4.81. The van der Waals surface area contributed by atoms with Crippen molar-refractivity contribution >= 4 is 61.6 Å². The van der Waals surface area contributed by atoms with E-state index in [9.17, 15) is 9.59 Å². The third kappa shape index (κ3) is 5.42. The number of nitrogens with zero attached hydrogens (tertiary/aromatic N) is 3. The minimum absolute atomic E-state index is 0.128. The van der Waals surface area contributed by atoms with Gasteiger partial charge in [-0.05, 0) is 12.1 Å². The van der Waals surface area contributed by atoms with Crippen LogP contribution in [-0.4, -0.2) is 32.9 Å². The first kappa shape index (κ1) is 22.2. The molecule has 4 aromatic rings. The van der Waals surface area contributed by atoms with Crippen molar-refractivity contribution in [3.63, 3.8) is 0 Å². The minimum Gasteiger partial charge on any atom is -0.313 e. The molecule has 0 saturated carbocycles. The van der Waals surface area contributed by atoms with E-state index in [4.69, 9.17) is 0 Å². The van der Waals surface area contributed by atoms with E-state index in [1.165, 1.54) is 34.4 Å². The van der Waals surface area contributed by atoms with Gasteiger partial charge < -0.3 is 9.88 Å². The van der Waals surface area contributed by atoms with Crippen LogP contribution in [0, 0.1) is 0 Å². The Hall–Kier alpha value is -3.01.